The summed E-state index contributed by atoms with van der Waals surface area (Å²) in [6.07, 6.45) is 8.68. The third-order valence-corrected chi connectivity index (χ3v) is 9.82. The molecule has 3 heterocycles. The van der Waals surface area contributed by atoms with E-state index in [9.17, 15) is 9.59 Å². The van der Waals surface area contributed by atoms with Crippen molar-refractivity contribution in [3.63, 3.8) is 0 Å². The van der Waals surface area contributed by atoms with Crippen LogP contribution in [0, 0.1) is 23.2 Å². The second-order valence-electron chi connectivity index (χ2n) is 10.5. The van der Waals surface area contributed by atoms with Crippen LogP contribution in [0.1, 0.15) is 51.9 Å². The van der Waals surface area contributed by atoms with Crippen LogP contribution in [0.2, 0.25) is 0 Å². The van der Waals surface area contributed by atoms with Crippen molar-refractivity contribution in [3.05, 3.63) is 0 Å². The van der Waals surface area contributed by atoms with Crippen molar-refractivity contribution in [3.8, 4) is 0 Å². The van der Waals surface area contributed by atoms with E-state index in [4.69, 9.17) is 4.74 Å². The first-order valence-electron chi connectivity index (χ1n) is 12.0. The molecule has 3 atom stereocenters. The number of nitrogens with one attached hydrogen (secondary N) is 1. The topological polar surface area (TPSA) is 61.9 Å². The van der Waals surface area contributed by atoms with Gasteiger partial charge in [-0.25, -0.2) is 0 Å². The zero-order valence-electron chi connectivity index (χ0n) is 18.3. The molecule has 168 valence electrons. The molecule has 0 aromatic rings. The molecule has 1 N–H and O–H groups in total. The SMILES string of the molecule is CC1(C(=O)N2CCN(C(=O)C3CCC(C4CCC5SCNC5C4)CC3)CC2)COC1. The molecular weight excluding hydrogens is 398 g/mol. The molecule has 0 spiro atoms. The van der Waals surface area contributed by atoms with Gasteiger partial charge in [0.15, 0.2) is 0 Å². The highest BCUT2D eigenvalue weighted by Crippen LogP contribution is 2.44. The summed E-state index contributed by atoms with van der Waals surface area (Å²) in [6, 6.07) is 0.737. The number of piperazine rings is 1. The van der Waals surface area contributed by atoms with E-state index in [1.54, 1.807) is 0 Å². The summed E-state index contributed by atoms with van der Waals surface area (Å²) in [4.78, 5) is 29.8. The van der Waals surface area contributed by atoms with E-state index in [0.29, 0.717) is 45.3 Å². The lowest BCUT2D eigenvalue weighted by Gasteiger charge is -2.44. The molecular formula is C23H37N3O3S. The quantitative estimate of drug-likeness (QED) is 0.737. The van der Waals surface area contributed by atoms with E-state index in [0.717, 1.165) is 41.8 Å². The normalized spacial score (nSPS) is 38.6. The summed E-state index contributed by atoms with van der Waals surface area (Å²) in [5, 5.41) is 4.54. The number of nitrogens with zero attached hydrogens (tertiary/aromatic N) is 2. The van der Waals surface area contributed by atoms with Crippen LogP contribution in [-0.4, -0.2) is 78.2 Å². The van der Waals surface area contributed by atoms with Gasteiger partial charge in [0.25, 0.3) is 0 Å². The number of hydrogen-bond acceptors (Lipinski definition) is 5. The Labute approximate surface area is 184 Å². The lowest BCUT2D eigenvalue weighted by atomic mass is 9.69. The lowest BCUT2D eigenvalue weighted by molar-refractivity contribution is -0.171. The molecule has 0 bridgehead atoms. The molecule has 5 aliphatic rings. The molecule has 0 aromatic heterocycles. The molecule has 3 unspecified atom stereocenters. The van der Waals surface area contributed by atoms with Gasteiger partial charge in [-0.3, -0.25) is 9.59 Å². The average molecular weight is 436 g/mol. The van der Waals surface area contributed by atoms with Crippen LogP contribution >= 0.6 is 11.8 Å². The third-order valence-electron chi connectivity index (χ3n) is 8.49. The fourth-order valence-corrected chi connectivity index (χ4v) is 7.69. The predicted molar refractivity (Wildman–Crippen MR) is 118 cm³/mol. The number of carbonyl (C=O) groups is 2. The molecule has 5 fully saturated rings. The Morgan fingerprint density at radius 3 is 2.27 bits per heavy atom. The highest BCUT2D eigenvalue weighted by molar-refractivity contribution is 8.00. The number of hydrogen-bond donors (Lipinski definition) is 1. The zero-order chi connectivity index (χ0) is 20.7. The summed E-state index contributed by atoms with van der Waals surface area (Å²) in [5.41, 5.74) is -0.337. The van der Waals surface area contributed by atoms with Crippen LogP contribution < -0.4 is 5.32 Å². The largest absolute Gasteiger partial charge is 0.379 e. The third kappa shape index (κ3) is 4.02. The van der Waals surface area contributed by atoms with Crippen molar-refractivity contribution in [1.82, 2.24) is 15.1 Å². The van der Waals surface area contributed by atoms with Crippen LogP contribution in [0.15, 0.2) is 0 Å². The molecule has 2 amide bonds. The Hall–Kier alpha value is -0.790. The van der Waals surface area contributed by atoms with E-state index in [1.165, 1.54) is 32.1 Å². The van der Waals surface area contributed by atoms with Crippen molar-refractivity contribution in [2.45, 2.75) is 63.2 Å². The maximum Gasteiger partial charge on any atom is 0.233 e. The van der Waals surface area contributed by atoms with Gasteiger partial charge in [-0.15, -0.1) is 11.8 Å². The molecule has 3 saturated heterocycles. The first-order chi connectivity index (χ1) is 14.5. The average Bonchev–Trinajstić information content (AvgIpc) is 3.24. The van der Waals surface area contributed by atoms with Gasteiger partial charge < -0.3 is 19.9 Å². The van der Waals surface area contributed by atoms with E-state index in [-0.39, 0.29) is 17.2 Å². The van der Waals surface area contributed by atoms with Crippen molar-refractivity contribution < 1.29 is 14.3 Å². The van der Waals surface area contributed by atoms with E-state index >= 15 is 0 Å². The Bertz CT molecular complexity index is 654. The molecule has 30 heavy (non-hydrogen) atoms. The Morgan fingerprint density at radius 1 is 0.933 bits per heavy atom. The fraction of sp³-hybridized carbons (Fsp3) is 0.913. The zero-order valence-corrected chi connectivity index (χ0v) is 19.1. The number of ether oxygens (including phenoxy) is 1. The smallest absolute Gasteiger partial charge is 0.233 e. The molecule has 7 heteroatoms. The molecule has 6 nitrogen and oxygen atoms in total. The van der Waals surface area contributed by atoms with Gasteiger partial charge in [-0.1, -0.05) is 0 Å². The summed E-state index contributed by atoms with van der Waals surface area (Å²) >= 11 is 2.11. The molecule has 0 aromatic carbocycles. The number of thioether (sulfide) groups is 1. The molecule has 3 aliphatic heterocycles. The van der Waals surface area contributed by atoms with Gasteiger partial charge in [0.05, 0.1) is 18.6 Å². The monoisotopic (exact) mass is 435 g/mol. The first-order valence-corrected chi connectivity index (χ1v) is 13.1. The minimum Gasteiger partial charge on any atom is -0.379 e. The van der Waals surface area contributed by atoms with Gasteiger partial charge in [-0.2, -0.15) is 0 Å². The van der Waals surface area contributed by atoms with E-state index in [2.05, 4.69) is 17.1 Å². The molecule has 0 radical (unpaired) electrons. The molecule has 5 rings (SSSR count). The van der Waals surface area contributed by atoms with Crippen LogP contribution in [0.25, 0.3) is 0 Å². The minimum atomic E-state index is -0.337. The Morgan fingerprint density at radius 2 is 1.60 bits per heavy atom. The fourth-order valence-electron chi connectivity index (χ4n) is 6.42. The number of amides is 2. The molecule has 2 aliphatic carbocycles. The van der Waals surface area contributed by atoms with Gasteiger partial charge in [-0.05, 0) is 63.7 Å². The van der Waals surface area contributed by atoms with Crippen molar-refractivity contribution >= 4 is 23.6 Å². The van der Waals surface area contributed by atoms with E-state index in [1.807, 2.05) is 16.7 Å². The van der Waals surface area contributed by atoms with Crippen LogP contribution in [0.4, 0.5) is 0 Å². The van der Waals surface area contributed by atoms with E-state index < -0.39 is 0 Å². The van der Waals surface area contributed by atoms with Crippen LogP contribution in [-0.2, 0) is 14.3 Å². The Balaban J connectivity index is 1.07. The van der Waals surface area contributed by atoms with Crippen molar-refractivity contribution in [1.29, 1.82) is 0 Å². The van der Waals surface area contributed by atoms with Gasteiger partial charge in [0.2, 0.25) is 11.8 Å². The lowest BCUT2D eigenvalue weighted by Crippen LogP contribution is -2.59. The second kappa shape index (κ2) is 8.62. The second-order valence-corrected chi connectivity index (χ2v) is 11.7. The number of carbonyl (C=O) groups excluding carboxylic acids is 2. The number of rotatable bonds is 3. The van der Waals surface area contributed by atoms with Crippen molar-refractivity contribution in [2.24, 2.45) is 23.2 Å². The van der Waals surface area contributed by atoms with Gasteiger partial charge in [0, 0.05) is 49.3 Å². The Kier molecular flexibility index (Phi) is 6.06. The van der Waals surface area contributed by atoms with Crippen molar-refractivity contribution in [2.75, 3.05) is 45.3 Å². The maximum absolute atomic E-state index is 13.1. The van der Waals surface area contributed by atoms with Crippen LogP contribution in [0.5, 0.6) is 0 Å². The minimum absolute atomic E-state index is 0.200. The summed E-state index contributed by atoms with van der Waals surface area (Å²) in [5.74, 6) is 3.57. The van der Waals surface area contributed by atoms with Gasteiger partial charge in [0.1, 0.15) is 0 Å². The number of fused-ring (bicyclic) bond motifs is 1. The standard InChI is InChI=1S/C23H37N3O3S/c1-23(13-29-14-23)22(28)26-10-8-25(9-11-26)21(27)17-4-2-16(3-5-17)18-6-7-20-19(12-18)24-15-30-20/h16-20,24H,2-15H2,1H3. The predicted octanol–water partition coefficient (Wildman–Crippen LogP) is 2.33. The summed E-state index contributed by atoms with van der Waals surface area (Å²) in [7, 11) is 0. The molecule has 2 saturated carbocycles. The highest BCUT2D eigenvalue weighted by atomic mass is 32.2. The summed E-state index contributed by atoms with van der Waals surface area (Å²) in [6.45, 7) is 5.78. The summed E-state index contributed by atoms with van der Waals surface area (Å²) < 4.78 is 5.24. The highest BCUT2D eigenvalue weighted by Gasteiger charge is 2.45. The van der Waals surface area contributed by atoms with Gasteiger partial charge >= 0.3 is 0 Å². The van der Waals surface area contributed by atoms with Crippen LogP contribution in [0.3, 0.4) is 0 Å². The first kappa shape index (κ1) is 21.1. The maximum atomic E-state index is 13.1.